The predicted octanol–water partition coefficient (Wildman–Crippen LogP) is 5.80. The fourth-order valence-corrected chi connectivity index (χ4v) is 4.35. The van der Waals surface area contributed by atoms with Crippen molar-refractivity contribution in [1.82, 2.24) is 15.0 Å². The number of aromatic nitrogens is 3. The lowest BCUT2D eigenvalue weighted by atomic mass is 10.0. The van der Waals surface area contributed by atoms with Crippen LogP contribution in [0.15, 0.2) is 101 Å². The average Bonchev–Trinajstić information content (AvgIpc) is 2.94. The van der Waals surface area contributed by atoms with E-state index in [4.69, 9.17) is 9.73 Å². The Labute approximate surface area is 222 Å². The molecule has 194 valence electrons. The number of nitrogens with zero attached hydrogens (tertiary/aromatic N) is 4. The molecule has 2 heterocycles. The van der Waals surface area contributed by atoms with Gasteiger partial charge in [0.2, 0.25) is 0 Å². The van der Waals surface area contributed by atoms with Crippen molar-refractivity contribution in [2.45, 2.75) is 29.5 Å². The van der Waals surface area contributed by atoms with Gasteiger partial charge >= 0.3 is 12.1 Å². The van der Waals surface area contributed by atoms with Crippen molar-refractivity contribution < 1.29 is 22.7 Å². The minimum Gasteiger partial charge on any atom is -0.467 e. The van der Waals surface area contributed by atoms with Crippen LogP contribution in [0.1, 0.15) is 28.2 Å². The molecule has 0 radical (unpaired) electrons. The third kappa shape index (κ3) is 7.25. The number of alkyl halides is 3. The minimum atomic E-state index is -4.54. The van der Waals surface area contributed by atoms with Crippen LogP contribution in [0.3, 0.4) is 0 Å². The largest absolute Gasteiger partial charge is 0.467 e. The number of methoxy groups -OCH3 is 1. The zero-order valence-electron chi connectivity index (χ0n) is 20.3. The molecule has 6 nitrogen and oxygen atoms in total. The molecule has 0 N–H and O–H groups in total. The quantitative estimate of drug-likeness (QED) is 0.116. The molecule has 0 aliphatic carbocycles. The Hall–Kier alpha value is -4.05. The zero-order chi connectivity index (χ0) is 27.0. The lowest BCUT2D eigenvalue weighted by Gasteiger charge is -2.15. The Bertz CT molecular complexity index is 1360. The first-order valence-corrected chi connectivity index (χ1v) is 12.6. The maximum absolute atomic E-state index is 12.9. The van der Waals surface area contributed by atoms with E-state index in [0.29, 0.717) is 17.1 Å². The molecule has 2 aromatic carbocycles. The van der Waals surface area contributed by atoms with Gasteiger partial charge < -0.3 is 4.74 Å². The van der Waals surface area contributed by atoms with Gasteiger partial charge in [-0.05, 0) is 18.2 Å². The molecule has 38 heavy (non-hydrogen) atoms. The van der Waals surface area contributed by atoms with Crippen molar-refractivity contribution in [1.29, 1.82) is 0 Å². The molecule has 2 aromatic heterocycles. The summed E-state index contributed by atoms with van der Waals surface area (Å²) in [5.41, 5.74) is 2.55. The summed E-state index contributed by atoms with van der Waals surface area (Å²) in [6.07, 6.45) is -3.29. The van der Waals surface area contributed by atoms with Crippen molar-refractivity contribution in [2.24, 2.45) is 4.99 Å². The molecule has 4 aromatic rings. The van der Waals surface area contributed by atoms with E-state index in [9.17, 15) is 18.0 Å². The number of hydrogen-bond acceptors (Lipinski definition) is 7. The Balaban J connectivity index is 1.57. The number of pyridine rings is 1. The zero-order valence-corrected chi connectivity index (χ0v) is 21.1. The van der Waals surface area contributed by atoms with E-state index in [1.165, 1.54) is 7.11 Å². The lowest BCUT2D eigenvalue weighted by molar-refractivity contribution is -0.142. The summed E-state index contributed by atoms with van der Waals surface area (Å²) in [5.74, 6) is -0.256. The summed E-state index contributed by atoms with van der Waals surface area (Å²) in [5, 5.41) is -0.000528. The van der Waals surface area contributed by atoms with Crippen molar-refractivity contribution in [3.8, 4) is 0 Å². The van der Waals surface area contributed by atoms with Crippen LogP contribution in [0.5, 0.6) is 0 Å². The lowest BCUT2D eigenvalue weighted by Crippen LogP contribution is -2.25. The fourth-order valence-electron chi connectivity index (χ4n) is 3.61. The fraction of sp³-hybridized carbons (Fsp3) is 0.179. The van der Waals surface area contributed by atoms with Crippen molar-refractivity contribution in [3.05, 3.63) is 119 Å². The third-order valence-electron chi connectivity index (χ3n) is 5.39. The highest BCUT2D eigenvalue weighted by atomic mass is 32.2. The van der Waals surface area contributed by atoms with Crippen LogP contribution in [-0.2, 0) is 27.9 Å². The number of hydrogen-bond donors (Lipinski definition) is 0. The van der Waals surface area contributed by atoms with Gasteiger partial charge in [0, 0.05) is 35.2 Å². The van der Waals surface area contributed by atoms with Crippen LogP contribution in [0.2, 0.25) is 0 Å². The SMILES string of the molecule is COC(=O)C(Cc1cccc(CSc2nccc(C(F)(F)F)n2)n1)N=C(c1ccccc1)c1ccccc1. The molecule has 0 aliphatic heterocycles. The number of ether oxygens (including phenoxy) is 1. The normalized spacial score (nSPS) is 12.0. The molecule has 0 bridgehead atoms. The molecule has 1 unspecified atom stereocenters. The van der Waals surface area contributed by atoms with E-state index in [0.717, 1.165) is 35.2 Å². The molecule has 0 amide bonds. The van der Waals surface area contributed by atoms with Gasteiger partial charge in [-0.3, -0.25) is 9.98 Å². The number of carbonyl (C=O) groups excluding carboxylic acids is 1. The molecule has 1 atom stereocenters. The van der Waals surface area contributed by atoms with Gasteiger partial charge in [-0.25, -0.2) is 14.8 Å². The highest BCUT2D eigenvalue weighted by molar-refractivity contribution is 7.98. The molecule has 0 saturated carbocycles. The molecule has 10 heteroatoms. The van der Waals surface area contributed by atoms with E-state index in [2.05, 4.69) is 15.0 Å². The molecule has 0 spiro atoms. The summed E-state index contributed by atoms with van der Waals surface area (Å²) in [6, 6.07) is 24.4. The third-order valence-corrected chi connectivity index (χ3v) is 6.29. The second kappa shape index (κ2) is 12.5. The molecule has 0 fully saturated rings. The minimum absolute atomic E-state index is 0.000528. The number of carbonyl (C=O) groups is 1. The molecular weight excluding hydrogens is 513 g/mol. The second-order valence-electron chi connectivity index (χ2n) is 8.08. The first-order valence-electron chi connectivity index (χ1n) is 11.6. The first-order chi connectivity index (χ1) is 18.3. The van der Waals surface area contributed by atoms with Crippen molar-refractivity contribution in [2.75, 3.05) is 7.11 Å². The van der Waals surface area contributed by atoms with E-state index in [-0.39, 0.29) is 17.3 Å². The number of thioether (sulfide) groups is 1. The van der Waals surface area contributed by atoms with Crippen LogP contribution < -0.4 is 0 Å². The van der Waals surface area contributed by atoms with Gasteiger partial charge in [-0.1, -0.05) is 78.5 Å². The highest BCUT2D eigenvalue weighted by Crippen LogP contribution is 2.29. The van der Waals surface area contributed by atoms with E-state index >= 15 is 0 Å². The van der Waals surface area contributed by atoms with Crippen LogP contribution in [0, 0.1) is 0 Å². The van der Waals surface area contributed by atoms with Crippen molar-refractivity contribution >= 4 is 23.4 Å². The molecule has 0 saturated heterocycles. The van der Waals surface area contributed by atoms with Gasteiger partial charge in [-0.2, -0.15) is 13.2 Å². The molecule has 4 rings (SSSR count). The Morgan fingerprint density at radius 2 is 1.53 bits per heavy atom. The highest BCUT2D eigenvalue weighted by Gasteiger charge is 2.32. The molecule has 0 aliphatic rings. The van der Waals surface area contributed by atoms with Gasteiger partial charge in [0.1, 0.15) is 5.69 Å². The summed E-state index contributed by atoms with van der Waals surface area (Å²) in [6.45, 7) is 0. The number of halogens is 3. The van der Waals surface area contributed by atoms with Gasteiger partial charge in [0.25, 0.3) is 0 Å². The van der Waals surface area contributed by atoms with Crippen LogP contribution in [-0.4, -0.2) is 39.8 Å². The topological polar surface area (TPSA) is 77.3 Å². The average molecular weight is 537 g/mol. The van der Waals surface area contributed by atoms with Crippen LogP contribution in [0.25, 0.3) is 0 Å². The van der Waals surface area contributed by atoms with Crippen LogP contribution in [0.4, 0.5) is 13.2 Å². The Morgan fingerprint density at radius 3 is 2.13 bits per heavy atom. The molecular formula is C28H23F3N4O2S. The Kier molecular flexibility index (Phi) is 8.85. The maximum Gasteiger partial charge on any atom is 0.433 e. The summed E-state index contributed by atoms with van der Waals surface area (Å²) in [4.78, 5) is 29.6. The van der Waals surface area contributed by atoms with Crippen molar-refractivity contribution in [3.63, 3.8) is 0 Å². The van der Waals surface area contributed by atoms with Gasteiger partial charge in [0.05, 0.1) is 18.5 Å². The summed E-state index contributed by atoms with van der Waals surface area (Å²) < 4.78 is 43.9. The summed E-state index contributed by atoms with van der Waals surface area (Å²) in [7, 11) is 1.31. The number of aliphatic imine (C=N–C) groups is 1. The smallest absolute Gasteiger partial charge is 0.433 e. The Morgan fingerprint density at radius 1 is 0.895 bits per heavy atom. The van der Waals surface area contributed by atoms with Gasteiger partial charge in [0.15, 0.2) is 11.2 Å². The van der Waals surface area contributed by atoms with Crippen LogP contribution >= 0.6 is 11.8 Å². The number of esters is 1. The van der Waals surface area contributed by atoms with Gasteiger partial charge in [-0.15, -0.1) is 0 Å². The number of rotatable bonds is 9. The van der Waals surface area contributed by atoms with E-state index in [1.807, 2.05) is 60.7 Å². The summed E-state index contributed by atoms with van der Waals surface area (Å²) >= 11 is 1.04. The number of benzene rings is 2. The van der Waals surface area contributed by atoms with E-state index in [1.54, 1.807) is 18.2 Å². The standard InChI is InChI=1S/C28H23F3N4O2S/c1-37-26(36)23(34-25(19-9-4-2-5-10-19)20-11-6-3-7-12-20)17-21-13-8-14-22(33-21)18-38-27-32-16-15-24(35-27)28(29,30)31/h2-16,23H,17-18H2,1H3. The van der Waals surface area contributed by atoms with E-state index < -0.39 is 23.9 Å². The monoisotopic (exact) mass is 536 g/mol. The predicted molar refractivity (Wildman–Crippen MR) is 139 cm³/mol. The second-order valence-corrected chi connectivity index (χ2v) is 9.03. The maximum atomic E-state index is 12.9. The first kappa shape index (κ1) is 27.0.